The SMILES string of the molecule is CC(C)OC(=O)[C@H](C)NP(C)(=O)OC[C@H]1O[C@@H](n2cnc3c(NCc4ccccc4)nc(Cl)nc32)[C@H](F)C1(C)Cc1nn[nH]n1. The van der Waals surface area contributed by atoms with Crippen LogP contribution in [-0.2, 0) is 36.3 Å². The summed E-state index contributed by atoms with van der Waals surface area (Å²) in [5, 5.41) is 19.8. The summed E-state index contributed by atoms with van der Waals surface area (Å²) in [5.74, 6) is 0.0490. The lowest BCUT2D eigenvalue weighted by Gasteiger charge is -2.31. The third-order valence-electron chi connectivity index (χ3n) is 7.42. The molecule has 1 aliphatic heterocycles. The summed E-state index contributed by atoms with van der Waals surface area (Å²) in [7, 11) is -3.58. The molecule has 0 spiro atoms. The highest BCUT2D eigenvalue weighted by atomic mass is 35.5. The molecule has 0 amide bonds. The van der Waals surface area contributed by atoms with Gasteiger partial charge < -0.3 is 19.3 Å². The zero-order valence-electron chi connectivity index (χ0n) is 25.3. The molecule has 15 nitrogen and oxygen atoms in total. The fourth-order valence-electron chi connectivity index (χ4n) is 5.11. The Morgan fingerprint density at radius 3 is 2.71 bits per heavy atom. The molecule has 0 radical (unpaired) electrons. The molecule has 1 fully saturated rings. The van der Waals surface area contributed by atoms with Crippen LogP contribution in [0.4, 0.5) is 10.2 Å². The topological polar surface area (TPSA) is 184 Å². The molecule has 3 N–H and O–H groups in total. The first-order valence-electron chi connectivity index (χ1n) is 14.3. The van der Waals surface area contributed by atoms with Gasteiger partial charge in [0.25, 0.3) is 7.52 Å². The molecule has 1 aromatic carbocycles. The third kappa shape index (κ3) is 7.47. The lowest BCUT2D eigenvalue weighted by atomic mass is 9.78. The second-order valence-electron chi connectivity index (χ2n) is 11.4. The van der Waals surface area contributed by atoms with Crippen molar-refractivity contribution in [2.45, 2.75) is 71.3 Å². The zero-order valence-corrected chi connectivity index (χ0v) is 27.0. The number of fused-ring (bicyclic) bond motifs is 1. The first-order chi connectivity index (χ1) is 21.4. The monoisotopic (exact) mass is 664 g/mol. The van der Waals surface area contributed by atoms with Crippen LogP contribution in [0.1, 0.15) is 45.3 Å². The fourth-order valence-corrected chi connectivity index (χ4v) is 6.58. The molecule has 5 rings (SSSR count). The fraction of sp³-hybridized carbons (Fsp3) is 0.519. The van der Waals surface area contributed by atoms with Crippen molar-refractivity contribution in [3.63, 3.8) is 0 Å². The Balaban J connectivity index is 1.39. The van der Waals surface area contributed by atoms with E-state index in [0.717, 1.165) is 5.56 Å². The summed E-state index contributed by atoms with van der Waals surface area (Å²) >= 11 is 6.29. The lowest BCUT2D eigenvalue weighted by Crippen LogP contribution is -2.41. The molecular weight excluding hydrogens is 630 g/mol. The number of rotatable bonds is 13. The number of ether oxygens (including phenoxy) is 2. The number of tetrazole rings is 1. The quantitative estimate of drug-likeness (QED) is 0.106. The van der Waals surface area contributed by atoms with Crippen molar-refractivity contribution >= 4 is 42.1 Å². The molecule has 3 aromatic heterocycles. The van der Waals surface area contributed by atoms with E-state index in [2.05, 4.69) is 46.0 Å². The van der Waals surface area contributed by atoms with Crippen molar-refractivity contribution in [1.29, 1.82) is 0 Å². The molecule has 1 aliphatic rings. The van der Waals surface area contributed by atoms with Crippen LogP contribution < -0.4 is 10.4 Å². The predicted octanol–water partition coefficient (Wildman–Crippen LogP) is 3.86. The molecule has 0 saturated carbocycles. The van der Waals surface area contributed by atoms with Crippen molar-refractivity contribution in [1.82, 2.24) is 45.2 Å². The van der Waals surface area contributed by atoms with Crippen LogP contribution >= 0.6 is 19.1 Å². The second kappa shape index (κ2) is 13.4. The number of hydrogen-bond donors (Lipinski definition) is 3. The minimum absolute atomic E-state index is 0.0139. The standard InChI is InChI=1S/C27H35ClFN10O5P/c1-15(2)43-25(40)16(3)36-45(5,41)42-13-18-27(4,11-19-34-37-38-35-19)21(29)24(44-18)39-14-31-20-22(32-26(28)33-23(20)39)30-12-17-9-7-6-8-10-17/h6-10,14-16,18,21,24H,11-13H2,1-5H3,(H,36,41)(H,30,32,33)(H,34,35,37,38)/t16-,18+,21-,24+,27?,45?/m0/s1. The maximum atomic E-state index is 16.6. The molecular formula is C27H35ClFN10O5P. The lowest BCUT2D eigenvalue weighted by molar-refractivity contribution is -0.149. The number of nitrogens with one attached hydrogen (secondary N) is 3. The highest BCUT2D eigenvalue weighted by molar-refractivity contribution is 7.56. The van der Waals surface area contributed by atoms with E-state index in [0.29, 0.717) is 17.9 Å². The number of hydrogen-bond acceptors (Lipinski definition) is 12. The number of aromatic nitrogens is 8. The van der Waals surface area contributed by atoms with Crippen molar-refractivity contribution in [2.75, 3.05) is 18.6 Å². The smallest absolute Gasteiger partial charge is 0.323 e. The number of nitrogens with zero attached hydrogens (tertiary/aromatic N) is 7. The van der Waals surface area contributed by atoms with Crippen LogP contribution in [-0.4, -0.2) is 83.8 Å². The van der Waals surface area contributed by atoms with E-state index >= 15 is 4.39 Å². The normalized spacial score (nSPS) is 23.7. The molecule has 0 aliphatic carbocycles. The summed E-state index contributed by atoms with van der Waals surface area (Å²) in [6.07, 6.45) is -2.76. The molecule has 2 unspecified atom stereocenters. The van der Waals surface area contributed by atoms with E-state index in [1.165, 1.54) is 24.5 Å². The van der Waals surface area contributed by atoms with E-state index < -0.39 is 43.4 Å². The summed E-state index contributed by atoms with van der Waals surface area (Å²) < 4.78 is 48.6. The maximum Gasteiger partial charge on any atom is 0.323 e. The summed E-state index contributed by atoms with van der Waals surface area (Å²) in [4.78, 5) is 25.3. The second-order valence-corrected chi connectivity index (χ2v) is 14.0. The summed E-state index contributed by atoms with van der Waals surface area (Å²) in [6, 6.07) is 8.78. The Hall–Kier alpha value is -3.56. The molecule has 6 atom stereocenters. The van der Waals surface area contributed by atoms with Gasteiger partial charge in [-0.05, 0) is 37.9 Å². The zero-order chi connectivity index (χ0) is 32.4. The Labute approximate surface area is 263 Å². The highest BCUT2D eigenvalue weighted by Crippen LogP contribution is 2.50. The Kier molecular flexibility index (Phi) is 9.80. The van der Waals surface area contributed by atoms with Crippen LogP contribution in [0.2, 0.25) is 5.28 Å². The van der Waals surface area contributed by atoms with Gasteiger partial charge >= 0.3 is 5.97 Å². The summed E-state index contributed by atoms with van der Waals surface area (Å²) in [6.45, 7) is 8.09. The van der Waals surface area contributed by atoms with Gasteiger partial charge in [0.15, 0.2) is 35.2 Å². The highest BCUT2D eigenvalue weighted by Gasteiger charge is 2.56. The Morgan fingerprint density at radius 1 is 1.27 bits per heavy atom. The maximum absolute atomic E-state index is 16.6. The number of benzene rings is 1. The van der Waals surface area contributed by atoms with Gasteiger partial charge in [0.1, 0.15) is 6.04 Å². The average molecular weight is 665 g/mol. The van der Waals surface area contributed by atoms with Crippen LogP contribution in [0, 0.1) is 5.41 Å². The molecule has 1 saturated heterocycles. The van der Waals surface area contributed by atoms with E-state index in [4.69, 9.17) is 25.6 Å². The molecule has 0 bridgehead atoms. The number of aromatic amines is 1. The molecule has 4 aromatic rings. The number of carbonyl (C=O) groups excluding carboxylic acids is 1. The average Bonchev–Trinajstić information content (AvgIpc) is 3.70. The van der Waals surface area contributed by atoms with Gasteiger partial charge in [0.2, 0.25) is 5.28 Å². The molecule has 18 heteroatoms. The van der Waals surface area contributed by atoms with E-state index in [1.54, 1.807) is 20.8 Å². The van der Waals surface area contributed by atoms with Crippen LogP contribution in [0.3, 0.4) is 0 Å². The van der Waals surface area contributed by atoms with E-state index in [-0.39, 0.29) is 35.9 Å². The number of H-pyrrole nitrogens is 1. The third-order valence-corrected chi connectivity index (χ3v) is 9.09. The van der Waals surface area contributed by atoms with Crippen molar-refractivity contribution in [3.05, 3.63) is 53.3 Å². The first kappa shape index (κ1) is 32.8. The number of carbonyl (C=O) groups is 1. The number of esters is 1. The summed E-state index contributed by atoms with van der Waals surface area (Å²) in [5.41, 5.74) is 0.354. The van der Waals surface area contributed by atoms with Crippen LogP contribution in [0.5, 0.6) is 0 Å². The van der Waals surface area contributed by atoms with Crippen LogP contribution in [0.25, 0.3) is 11.2 Å². The first-order valence-corrected chi connectivity index (χ1v) is 16.7. The number of halogens is 2. The van der Waals surface area contributed by atoms with Gasteiger partial charge in [0, 0.05) is 25.0 Å². The predicted molar refractivity (Wildman–Crippen MR) is 162 cm³/mol. The molecule has 242 valence electrons. The molecule has 4 heterocycles. The molecule has 45 heavy (non-hydrogen) atoms. The van der Waals surface area contributed by atoms with Crippen molar-refractivity contribution < 1.29 is 27.7 Å². The van der Waals surface area contributed by atoms with E-state index in [1.807, 2.05) is 30.3 Å². The Morgan fingerprint density at radius 2 is 2.02 bits per heavy atom. The number of anilines is 1. The van der Waals surface area contributed by atoms with E-state index in [9.17, 15) is 9.36 Å². The minimum atomic E-state index is -3.58. The van der Waals surface area contributed by atoms with Crippen LogP contribution in [0.15, 0.2) is 36.7 Å². The van der Waals surface area contributed by atoms with Gasteiger partial charge in [-0.25, -0.2) is 14.5 Å². The van der Waals surface area contributed by atoms with Crippen molar-refractivity contribution in [2.24, 2.45) is 5.41 Å². The Bertz CT molecular complexity index is 1660. The van der Waals surface area contributed by atoms with Gasteiger partial charge in [-0.15, -0.1) is 10.2 Å². The van der Waals surface area contributed by atoms with Gasteiger partial charge in [-0.3, -0.25) is 13.9 Å². The van der Waals surface area contributed by atoms with Crippen molar-refractivity contribution in [3.8, 4) is 0 Å². The van der Waals surface area contributed by atoms with Gasteiger partial charge in [0.05, 0.1) is 25.1 Å². The number of alkyl halides is 1. The minimum Gasteiger partial charge on any atom is -0.462 e. The largest absolute Gasteiger partial charge is 0.462 e. The van der Waals surface area contributed by atoms with Gasteiger partial charge in [-0.1, -0.05) is 42.5 Å². The van der Waals surface area contributed by atoms with Gasteiger partial charge in [-0.2, -0.15) is 15.2 Å². The number of imidazole rings is 1.